The Hall–Kier alpha value is -0.870. The molecule has 15 heavy (non-hydrogen) atoms. The third-order valence-corrected chi connectivity index (χ3v) is 3.43. The molecule has 3 N–H and O–H groups in total. The van der Waals surface area contributed by atoms with Gasteiger partial charge in [0.15, 0.2) is 0 Å². The van der Waals surface area contributed by atoms with E-state index < -0.39 is 0 Å². The second kappa shape index (κ2) is 4.33. The average molecular weight is 208 g/mol. The Kier molecular flexibility index (Phi) is 3.07. The van der Waals surface area contributed by atoms with Crippen LogP contribution in [-0.4, -0.2) is 15.8 Å². The first kappa shape index (κ1) is 10.6. The van der Waals surface area contributed by atoms with Gasteiger partial charge in [-0.1, -0.05) is 6.92 Å². The normalized spacial score (nSPS) is 20.2. The molecule has 1 fully saturated rings. The molecule has 0 aromatic carbocycles. The second-order valence-corrected chi connectivity index (χ2v) is 4.70. The van der Waals surface area contributed by atoms with E-state index in [1.54, 1.807) is 0 Å². The van der Waals surface area contributed by atoms with Crippen LogP contribution in [0.2, 0.25) is 0 Å². The van der Waals surface area contributed by atoms with Crippen LogP contribution in [0.25, 0.3) is 0 Å². The van der Waals surface area contributed by atoms with Gasteiger partial charge in [-0.05, 0) is 36.7 Å². The van der Waals surface area contributed by atoms with Gasteiger partial charge in [0.1, 0.15) is 0 Å². The minimum atomic E-state index is 0.377. The van der Waals surface area contributed by atoms with Crippen molar-refractivity contribution in [3.8, 4) is 0 Å². The largest absolute Gasteiger partial charge is 0.276 e. The molecule has 1 heterocycles. The molecule has 1 aliphatic rings. The van der Waals surface area contributed by atoms with Crippen molar-refractivity contribution in [1.29, 1.82) is 0 Å². The van der Waals surface area contributed by atoms with E-state index in [1.165, 1.54) is 18.4 Å². The van der Waals surface area contributed by atoms with Crippen molar-refractivity contribution in [1.82, 2.24) is 15.2 Å². The molecule has 1 aromatic rings. The van der Waals surface area contributed by atoms with Gasteiger partial charge in [0, 0.05) is 19.3 Å². The highest BCUT2D eigenvalue weighted by Gasteiger charge is 2.32. The Balaban J connectivity index is 1.95. The van der Waals surface area contributed by atoms with Crippen molar-refractivity contribution < 1.29 is 0 Å². The van der Waals surface area contributed by atoms with Gasteiger partial charge in [0.2, 0.25) is 0 Å². The summed E-state index contributed by atoms with van der Waals surface area (Å²) in [7, 11) is 1.94. The Morgan fingerprint density at radius 3 is 2.87 bits per heavy atom. The van der Waals surface area contributed by atoms with E-state index in [2.05, 4.69) is 23.6 Å². The summed E-state index contributed by atoms with van der Waals surface area (Å²) >= 11 is 0. The summed E-state index contributed by atoms with van der Waals surface area (Å²) in [6.07, 6.45) is 7.69. The average Bonchev–Trinajstić information content (AvgIpc) is 2.99. The number of rotatable bonds is 5. The quantitative estimate of drug-likeness (QED) is 0.557. The first-order chi connectivity index (χ1) is 7.20. The zero-order valence-electron chi connectivity index (χ0n) is 9.48. The summed E-state index contributed by atoms with van der Waals surface area (Å²) in [6, 6.07) is 0.377. The first-order valence-corrected chi connectivity index (χ1v) is 5.64. The third-order valence-electron chi connectivity index (χ3n) is 3.43. The molecule has 1 saturated carbocycles. The molecule has 2 rings (SSSR count). The lowest BCUT2D eigenvalue weighted by Crippen LogP contribution is -2.42. The molecule has 1 aliphatic carbocycles. The van der Waals surface area contributed by atoms with E-state index >= 15 is 0 Å². The van der Waals surface area contributed by atoms with E-state index in [0.717, 1.165) is 12.3 Å². The van der Waals surface area contributed by atoms with E-state index in [9.17, 15) is 0 Å². The molecule has 0 amide bonds. The van der Waals surface area contributed by atoms with Crippen LogP contribution in [0.3, 0.4) is 0 Å². The predicted molar refractivity (Wildman–Crippen MR) is 59.9 cm³/mol. The number of nitrogens with two attached hydrogens (primary N) is 1. The smallest absolute Gasteiger partial charge is 0.0522 e. The van der Waals surface area contributed by atoms with Gasteiger partial charge in [-0.25, -0.2) is 0 Å². The van der Waals surface area contributed by atoms with Gasteiger partial charge in [-0.15, -0.1) is 0 Å². The van der Waals surface area contributed by atoms with Crippen molar-refractivity contribution in [2.45, 2.75) is 32.2 Å². The molecule has 84 valence electrons. The molecule has 0 radical (unpaired) electrons. The summed E-state index contributed by atoms with van der Waals surface area (Å²) < 4.78 is 1.84. The minimum absolute atomic E-state index is 0.377. The summed E-state index contributed by atoms with van der Waals surface area (Å²) in [5.74, 6) is 7.16. The zero-order chi connectivity index (χ0) is 10.8. The Labute approximate surface area is 90.8 Å². The van der Waals surface area contributed by atoms with Crippen LogP contribution >= 0.6 is 0 Å². The van der Waals surface area contributed by atoms with Gasteiger partial charge in [0.05, 0.1) is 6.20 Å². The van der Waals surface area contributed by atoms with Gasteiger partial charge < -0.3 is 0 Å². The molecule has 0 saturated heterocycles. The highest BCUT2D eigenvalue weighted by Crippen LogP contribution is 2.38. The van der Waals surface area contributed by atoms with Crippen LogP contribution in [0.5, 0.6) is 0 Å². The fourth-order valence-electron chi connectivity index (χ4n) is 2.18. The highest BCUT2D eigenvalue weighted by atomic mass is 15.2. The number of nitrogens with zero attached hydrogens (tertiary/aromatic N) is 2. The van der Waals surface area contributed by atoms with E-state index in [4.69, 9.17) is 5.84 Å². The minimum Gasteiger partial charge on any atom is -0.276 e. The van der Waals surface area contributed by atoms with Crippen LogP contribution in [0, 0.1) is 11.8 Å². The van der Waals surface area contributed by atoms with Gasteiger partial charge in [-0.3, -0.25) is 16.0 Å². The van der Waals surface area contributed by atoms with Gasteiger partial charge in [0.25, 0.3) is 0 Å². The number of aromatic nitrogens is 2. The van der Waals surface area contributed by atoms with Crippen LogP contribution in [0.1, 0.15) is 25.3 Å². The molecule has 4 nitrogen and oxygen atoms in total. The lowest BCUT2D eigenvalue weighted by atomic mass is 9.93. The number of hydrogen-bond donors (Lipinski definition) is 2. The third kappa shape index (κ3) is 2.58. The van der Waals surface area contributed by atoms with E-state index in [-0.39, 0.29) is 0 Å². The van der Waals surface area contributed by atoms with E-state index in [0.29, 0.717) is 12.0 Å². The maximum atomic E-state index is 5.62. The van der Waals surface area contributed by atoms with Gasteiger partial charge >= 0.3 is 0 Å². The molecule has 0 spiro atoms. The van der Waals surface area contributed by atoms with Crippen molar-refractivity contribution in [2.75, 3.05) is 0 Å². The summed E-state index contributed by atoms with van der Waals surface area (Å²) in [6.45, 7) is 2.29. The van der Waals surface area contributed by atoms with Crippen molar-refractivity contribution in [2.24, 2.45) is 24.7 Å². The molecule has 0 aliphatic heterocycles. The lowest BCUT2D eigenvalue weighted by molar-refractivity contribution is 0.343. The molecule has 2 unspecified atom stereocenters. The molecule has 2 atom stereocenters. The second-order valence-electron chi connectivity index (χ2n) is 4.70. The van der Waals surface area contributed by atoms with Crippen molar-refractivity contribution in [3.05, 3.63) is 18.0 Å². The van der Waals surface area contributed by atoms with Gasteiger partial charge in [-0.2, -0.15) is 5.10 Å². The van der Waals surface area contributed by atoms with Crippen LogP contribution < -0.4 is 11.3 Å². The highest BCUT2D eigenvalue weighted by molar-refractivity contribution is 5.07. The fourth-order valence-corrected chi connectivity index (χ4v) is 2.18. The predicted octanol–water partition coefficient (Wildman–Crippen LogP) is 0.841. The first-order valence-electron chi connectivity index (χ1n) is 5.64. The number of aryl methyl sites for hydroxylation is 1. The van der Waals surface area contributed by atoms with Crippen molar-refractivity contribution in [3.63, 3.8) is 0 Å². The van der Waals surface area contributed by atoms with Crippen LogP contribution in [0.15, 0.2) is 12.4 Å². The number of hydrogen-bond acceptors (Lipinski definition) is 3. The Morgan fingerprint density at radius 1 is 1.67 bits per heavy atom. The number of nitrogens with one attached hydrogen (secondary N) is 1. The zero-order valence-corrected chi connectivity index (χ0v) is 9.48. The lowest BCUT2D eigenvalue weighted by Gasteiger charge is -2.22. The van der Waals surface area contributed by atoms with Crippen molar-refractivity contribution >= 4 is 0 Å². The topological polar surface area (TPSA) is 55.9 Å². The maximum absolute atomic E-state index is 5.62. The van der Waals surface area contributed by atoms with Crippen LogP contribution in [0.4, 0.5) is 0 Å². The standard InChI is InChI=1S/C11H20N4/c1-8(10-3-4-10)11(14-12)5-9-6-13-15(2)7-9/h6-8,10-11,14H,3-5,12H2,1-2H3. The molecule has 4 heteroatoms. The van der Waals surface area contributed by atoms with Crippen LogP contribution in [-0.2, 0) is 13.5 Å². The SMILES string of the molecule is CC(C1CC1)C(Cc1cnn(C)c1)NN. The Morgan fingerprint density at radius 2 is 2.40 bits per heavy atom. The monoisotopic (exact) mass is 208 g/mol. The molecular weight excluding hydrogens is 188 g/mol. The maximum Gasteiger partial charge on any atom is 0.0522 e. The fraction of sp³-hybridized carbons (Fsp3) is 0.727. The molecule has 0 bridgehead atoms. The van der Waals surface area contributed by atoms with E-state index in [1.807, 2.05) is 17.9 Å². The molecule has 1 aromatic heterocycles. The summed E-state index contributed by atoms with van der Waals surface area (Å²) in [4.78, 5) is 0. The summed E-state index contributed by atoms with van der Waals surface area (Å²) in [5.41, 5.74) is 4.20. The number of hydrazine groups is 1. The Bertz CT molecular complexity index is 316. The molecular formula is C11H20N4. The summed E-state index contributed by atoms with van der Waals surface area (Å²) in [5, 5.41) is 4.17.